The summed E-state index contributed by atoms with van der Waals surface area (Å²) in [5, 5.41) is 2.70. The van der Waals surface area contributed by atoms with Gasteiger partial charge < -0.3 is 10.1 Å². The number of carbonyl (C=O) groups is 1. The molecule has 2 aromatic rings. The van der Waals surface area contributed by atoms with Crippen molar-refractivity contribution in [1.29, 1.82) is 0 Å². The van der Waals surface area contributed by atoms with E-state index in [0.29, 0.717) is 20.4 Å². The Balaban J connectivity index is 2.27. The predicted octanol–water partition coefficient (Wildman–Crippen LogP) is 4.61. The Morgan fingerprint density at radius 1 is 1.20 bits per heavy atom. The number of nitrogens with one attached hydrogen (secondary N) is 1. The number of halogens is 3. The first kappa shape index (κ1) is 15.0. The minimum absolute atomic E-state index is 0.228. The van der Waals surface area contributed by atoms with Crippen LogP contribution in [0.15, 0.2) is 45.3 Å². The summed E-state index contributed by atoms with van der Waals surface area (Å²) in [5.74, 6) is -0.266. The van der Waals surface area contributed by atoms with E-state index in [1.807, 2.05) is 0 Å². The van der Waals surface area contributed by atoms with Crippen molar-refractivity contribution >= 4 is 43.5 Å². The van der Waals surface area contributed by atoms with Gasteiger partial charge in [0.2, 0.25) is 0 Å². The first-order valence-corrected chi connectivity index (χ1v) is 7.19. The van der Waals surface area contributed by atoms with Gasteiger partial charge in [-0.25, -0.2) is 4.39 Å². The lowest BCUT2D eigenvalue weighted by molar-refractivity contribution is 0.102. The number of methoxy groups -OCH3 is 1. The lowest BCUT2D eigenvalue weighted by atomic mass is 10.2. The molecule has 0 spiro atoms. The Labute approximate surface area is 132 Å². The van der Waals surface area contributed by atoms with E-state index in [4.69, 9.17) is 4.74 Å². The summed E-state index contributed by atoms with van der Waals surface area (Å²) in [6, 6.07) is 9.21. The quantitative estimate of drug-likeness (QED) is 0.813. The minimum Gasteiger partial charge on any atom is -0.497 e. The molecule has 2 rings (SSSR count). The molecule has 1 N–H and O–H groups in total. The Kier molecular flexibility index (Phi) is 4.77. The average Bonchev–Trinajstić information content (AvgIpc) is 2.40. The van der Waals surface area contributed by atoms with E-state index in [1.54, 1.807) is 31.4 Å². The SMILES string of the molecule is COc1ccc(Br)c(NC(=O)c2cc(F)cc(Br)c2)c1. The molecular formula is C14H10Br2FNO2. The van der Waals surface area contributed by atoms with Crippen LogP contribution in [0.4, 0.5) is 10.1 Å². The number of anilines is 1. The van der Waals surface area contributed by atoms with Gasteiger partial charge >= 0.3 is 0 Å². The molecule has 0 aliphatic carbocycles. The van der Waals surface area contributed by atoms with Crippen LogP contribution in [0.3, 0.4) is 0 Å². The van der Waals surface area contributed by atoms with Crippen LogP contribution in [0.2, 0.25) is 0 Å². The van der Waals surface area contributed by atoms with E-state index in [0.717, 1.165) is 0 Å². The largest absolute Gasteiger partial charge is 0.497 e. The molecule has 104 valence electrons. The number of hydrogen-bond acceptors (Lipinski definition) is 2. The second kappa shape index (κ2) is 6.37. The third kappa shape index (κ3) is 3.58. The molecule has 0 bridgehead atoms. The molecule has 0 saturated carbocycles. The second-order valence-electron chi connectivity index (χ2n) is 3.96. The van der Waals surface area contributed by atoms with Gasteiger partial charge in [-0.2, -0.15) is 0 Å². The van der Waals surface area contributed by atoms with Crippen LogP contribution in [0, 0.1) is 5.82 Å². The van der Waals surface area contributed by atoms with Crippen LogP contribution in [0.5, 0.6) is 5.75 Å². The van der Waals surface area contributed by atoms with Crippen molar-refractivity contribution < 1.29 is 13.9 Å². The maximum absolute atomic E-state index is 13.3. The van der Waals surface area contributed by atoms with Crippen molar-refractivity contribution in [2.24, 2.45) is 0 Å². The molecular weight excluding hydrogens is 393 g/mol. The van der Waals surface area contributed by atoms with Gasteiger partial charge in [0.05, 0.1) is 12.8 Å². The molecule has 3 nitrogen and oxygen atoms in total. The summed E-state index contributed by atoms with van der Waals surface area (Å²) in [6.45, 7) is 0. The molecule has 6 heteroatoms. The van der Waals surface area contributed by atoms with E-state index in [2.05, 4.69) is 37.2 Å². The lowest BCUT2D eigenvalue weighted by Gasteiger charge is -2.09. The van der Waals surface area contributed by atoms with Crippen molar-refractivity contribution in [2.45, 2.75) is 0 Å². The van der Waals surface area contributed by atoms with Crippen LogP contribution < -0.4 is 10.1 Å². The van der Waals surface area contributed by atoms with Crippen molar-refractivity contribution in [3.63, 3.8) is 0 Å². The van der Waals surface area contributed by atoms with E-state index in [1.165, 1.54) is 12.1 Å². The molecule has 1 amide bonds. The van der Waals surface area contributed by atoms with E-state index >= 15 is 0 Å². The molecule has 0 heterocycles. The molecule has 2 aromatic carbocycles. The Morgan fingerprint density at radius 3 is 2.60 bits per heavy atom. The lowest BCUT2D eigenvalue weighted by Crippen LogP contribution is -2.12. The highest BCUT2D eigenvalue weighted by Gasteiger charge is 2.11. The standard InChI is InChI=1S/C14H10Br2FNO2/c1-20-11-2-3-12(16)13(7-11)18-14(19)8-4-9(15)6-10(17)5-8/h2-7H,1H3,(H,18,19). The number of benzene rings is 2. The van der Waals surface area contributed by atoms with Gasteiger partial charge in [0.1, 0.15) is 11.6 Å². The van der Waals surface area contributed by atoms with Gasteiger partial charge in [-0.05, 0) is 46.3 Å². The number of ether oxygens (including phenoxy) is 1. The van der Waals surface area contributed by atoms with Crippen LogP contribution in [-0.4, -0.2) is 13.0 Å². The third-order valence-corrected chi connectivity index (χ3v) is 3.70. The minimum atomic E-state index is -0.478. The Hall–Kier alpha value is -1.40. The van der Waals surface area contributed by atoms with Crippen LogP contribution in [0.1, 0.15) is 10.4 Å². The normalized spacial score (nSPS) is 10.2. The smallest absolute Gasteiger partial charge is 0.255 e. The summed E-state index contributed by atoms with van der Waals surface area (Å²) in [4.78, 5) is 12.1. The number of hydrogen-bond donors (Lipinski definition) is 1. The molecule has 0 atom stereocenters. The molecule has 20 heavy (non-hydrogen) atoms. The number of amides is 1. The van der Waals surface area contributed by atoms with Gasteiger partial charge in [-0.15, -0.1) is 0 Å². The summed E-state index contributed by atoms with van der Waals surface area (Å²) < 4.78 is 19.6. The van der Waals surface area contributed by atoms with Crippen LogP contribution in [-0.2, 0) is 0 Å². The van der Waals surface area contributed by atoms with Crippen LogP contribution in [0.25, 0.3) is 0 Å². The molecule has 0 fully saturated rings. The van der Waals surface area contributed by atoms with Crippen molar-refractivity contribution in [1.82, 2.24) is 0 Å². The monoisotopic (exact) mass is 401 g/mol. The van der Waals surface area contributed by atoms with Gasteiger partial charge in [-0.3, -0.25) is 4.79 Å². The third-order valence-electron chi connectivity index (χ3n) is 2.55. The average molecular weight is 403 g/mol. The Bertz CT molecular complexity index is 641. The maximum Gasteiger partial charge on any atom is 0.255 e. The van der Waals surface area contributed by atoms with E-state index in [-0.39, 0.29) is 5.56 Å². The van der Waals surface area contributed by atoms with Crippen molar-refractivity contribution in [3.05, 3.63) is 56.7 Å². The van der Waals surface area contributed by atoms with E-state index < -0.39 is 11.7 Å². The highest BCUT2D eigenvalue weighted by atomic mass is 79.9. The molecule has 0 saturated heterocycles. The summed E-state index contributed by atoms with van der Waals surface area (Å²) in [7, 11) is 1.54. The fourth-order valence-electron chi connectivity index (χ4n) is 1.61. The Morgan fingerprint density at radius 2 is 1.95 bits per heavy atom. The van der Waals surface area contributed by atoms with Crippen molar-refractivity contribution in [2.75, 3.05) is 12.4 Å². The molecule has 0 unspecified atom stereocenters. The summed E-state index contributed by atoms with van der Waals surface area (Å²) >= 11 is 6.49. The fraction of sp³-hybridized carbons (Fsp3) is 0.0714. The van der Waals surface area contributed by atoms with Crippen LogP contribution >= 0.6 is 31.9 Å². The van der Waals surface area contributed by atoms with Gasteiger partial charge in [0.25, 0.3) is 5.91 Å². The van der Waals surface area contributed by atoms with Gasteiger partial charge in [0.15, 0.2) is 0 Å². The molecule has 0 aromatic heterocycles. The molecule has 0 radical (unpaired) electrons. The van der Waals surface area contributed by atoms with E-state index in [9.17, 15) is 9.18 Å². The number of carbonyl (C=O) groups excluding carboxylic acids is 1. The fourth-order valence-corrected chi connectivity index (χ4v) is 2.42. The zero-order valence-corrected chi connectivity index (χ0v) is 13.6. The van der Waals surface area contributed by atoms with Gasteiger partial charge in [0, 0.05) is 20.6 Å². The maximum atomic E-state index is 13.3. The topological polar surface area (TPSA) is 38.3 Å². The van der Waals surface area contributed by atoms with Crippen molar-refractivity contribution in [3.8, 4) is 5.75 Å². The first-order chi connectivity index (χ1) is 9.49. The molecule has 0 aliphatic rings. The highest BCUT2D eigenvalue weighted by Crippen LogP contribution is 2.27. The zero-order valence-electron chi connectivity index (χ0n) is 10.4. The zero-order chi connectivity index (χ0) is 14.7. The first-order valence-electron chi connectivity index (χ1n) is 5.60. The van der Waals surface area contributed by atoms with Gasteiger partial charge in [-0.1, -0.05) is 15.9 Å². The molecule has 0 aliphatic heterocycles. The predicted molar refractivity (Wildman–Crippen MR) is 82.7 cm³/mol. The summed E-state index contributed by atoms with van der Waals surface area (Å²) in [5.41, 5.74) is 0.779. The highest BCUT2D eigenvalue weighted by molar-refractivity contribution is 9.10. The second-order valence-corrected chi connectivity index (χ2v) is 5.73. The summed E-state index contributed by atoms with van der Waals surface area (Å²) in [6.07, 6.45) is 0. The number of rotatable bonds is 3.